The van der Waals surface area contributed by atoms with Crippen molar-refractivity contribution in [1.29, 1.82) is 0 Å². The molecular weight excluding hydrogens is 264 g/mol. The molecule has 0 saturated carbocycles. The fourth-order valence-corrected chi connectivity index (χ4v) is 1.60. The number of nitrogens with zero attached hydrogens (tertiary/aromatic N) is 1. The molecule has 0 saturated heterocycles. The van der Waals surface area contributed by atoms with Gasteiger partial charge in [0.15, 0.2) is 0 Å². The number of nitro benzene ring substituents is 1. The lowest BCUT2D eigenvalue weighted by molar-refractivity contribution is -0.385. The Morgan fingerprint density at radius 1 is 1.47 bits per heavy atom. The number of carboxylic acid groups (broad SMARTS) is 1. The number of hydrogen-bond donors (Lipinski definition) is 4. The third-order valence-electron chi connectivity index (χ3n) is 2.11. The third-order valence-corrected chi connectivity index (χ3v) is 3.27. The molecule has 2 unspecified atom stereocenters. The van der Waals surface area contributed by atoms with E-state index >= 15 is 0 Å². The molecule has 0 aliphatic rings. The molecule has 0 bridgehead atoms. The van der Waals surface area contributed by atoms with Crippen LogP contribution in [0.3, 0.4) is 0 Å². The summed E-state index contributed by atoms with van der Waals surface area (Å²) in [4.78, 5) is 20.8. The topological polar surface area (TPSA) is 106 Å². The van der Waals surface area contributed by atoms with Crippen LogP contribution in [0.1, 0.15) is 21.2 Å². The maximum absolute atomic E-state index is 10.9. The molecule has 92 valence electrons. The Labute approximate surface area is 108 Å². The first-order chi connectivity index (χ1) is 7.84. The molecule has 8 heteroatoms. The largest absolute Gasteiger partial charge is 0.477 e. The van der Waals surface area contributed by atoms with E-state index in [-0.39, 0.29) is 5.56 Å². The quantitative estimate of drug-likeness (QED) is 0.288. The summed E-state index contributed by atoms with van der Waals surface area (Å²) in [5, 5.41) is 18.4. The van der Waals surface area contributed by atoms with Crippen molar-refractivity contribution in [2.24, 2.45) is 5.73 Å². The maximum atomic E-state index is 10.9. The number of thiol groups is 2. The monoisotopic (exact) mass is 274 g/mol. The molecule has 0 aliphatic carbocycles. The lowest BCUT2D eigenvalue weighted by Gasteiger charge is -2.14. The molecule has 6 nitrogen and oxygen atoms in total. The number of hydrogen-bond acceptors (Lipinski definition) is 6. The van der Waals surface area contributed by atoms with E-state index in [1.807, 2.05) is 0 Å². The molecule has 0 amide bonds. The molecule has 0 heterocycles. The van der Waals surface area contributed by atoms with Crippen LogP contribution in [0.15, 0.2) is 18.2 Å². The fourth-order valence-electron chi connectivity index (χ4n) is 1.27. The average molecular weight is 274 g/mol. The van der Waals surface area contributed by atoms with Gasteiger partial charge in [-0.2, -0.15) is 25.3 Å². The summed E-state index contributed by atoms with van der Waals surface area (Å²) in [6, 6.07) is 3.73. The molecular formula is C9H10N2O4S2. The average Bonchev–Trinajstić information content (AvgIpc) is 2.26. The third kappa shape index (κ3) is 3.11. The Balaban J connectivity index is 3.28. The van der Waals surface area contributed by atoms with Gasteiger partial charge in [-0.05, 0) is 11.6 Å². The lowest BCUT2D eigenvalue weighted by atomic mass is 10.1. The molecule has 0 spiro atoms. The molecule has 0 aromatic heterocycles. The highest BCUT2D eigenvalue weighted by Gasteiger charge is 2.22. The molecule has 0 radical (unpaired) electrons. The first-order valence-electron chi connectivity index (χ1n) is 4.48. The van der Waals surface area contributed by atoms with E-state index in [1.54, 1.807) is 0 Å². The van der Waals surface area contributed by atoms with Crippen LogP contribution < -0.4 is 5.73 Å². The van der Waals surface area contributed by atoms with E-state index in [0.29, 0.717) is 5.56 Å². The zero-order chi connectivity index (χ0) is 13.2. The SMILES string of the molecule is NC(S)C(S)c1ccc([N+](=O)[O-])c(C(=O)O)c1. The molecule has 1 aromatic carbocycles. The second-order valence-electron chi connectivity index (χ2n) is 3.27. The van der Waals surface area contributed by atoms with Crippen LogP contribution in [-0.4, -0.2) is 21.4 Å². The maximum Gasteiger partial charge on any atom is 0.342 e. The van der Waals surface area contributed by atoms with E-state index in [1.165, 1.54) is 12.1 Å². The molecule has 0 aliphatic heterocycles. The van der Waals surface area contributed by atoms with Gasteiger partial charge in [-0.3, -0.25) is 10.1 Å². The summed E-state index contributed by atoms with van der Waals surface area (Å²) in [6.07, 6.45) is 0. The number of nitro groups is 1. The van der Waals surface area contributed by atoms with Crippen molar-refractivity contribution in [2.75, 3.05) is 0 Å². The number of carbonyl (C=O) groups is 1. The van der Waals surface area contributed by atoms with Gasteiger partial charge in [0, 0.05) is 6.07 Å². The van der Waals surface area contributed by atoms with Crippen molar-refractivity contribution in [1.82, 2.24) is 0 Å². The second kappa shape index (κ2) is 5.39. The summed E-state index contributed by atoms with van der Waals surface area (Å²) in [5.41, 5.74) is 5.12. The van der Waals surface area contributed by atoms with Crippen LogP contribution in [0, 0.1) is 10.1 Å². The van der Waals surface area contributed by atoms with Crippen LogP contribution in [0.4, 0.5) is 5.69 Å². The zero-order valence-corrected chi connectivity index (χ0v) is 10.3. The van der Waals surface area contributed by atoms with Gasteiger partial charge in [-0.15, -0.1) is 0 Å². The van der Waals surface area contributed by atoms with Gasteiger partial charge in [0.25, 0.3) is 5.69 Å². The van der Waals surface area contributed by atoms with Gasteiger partial charge in [-0.1, -0.05) is 6.07 Å². The lowest BCUT2D eigenvalue weighted by Crippen LogP contribution is -2.18. The first kappa shape index (κ1) is 13.8. The normalized spacial score (nSPS) is 14.1. The van der Waals surface area contributed by atoms with Gasteiger partial charge < -0.3 is 10.8 Å². The van der Waals surface area contributed by atoms with Crippen molar-refractivity contribution in [2.45, 2.75) is 10.6 Å². The van der Waals surface area contributed by atoms with Crippen molar-refractivity contribution >= 4 is 36.9 Å². The fraction of sp³-hybridized carbons (Fsp3) is 0.222. The molecule has 17 heavy (non-hydrogen) atoms. The smallest absolute Gasteiger partial charge is 0.342 e. The van der Waals surface area contributed by atoms with Crippen LogP contribution in [0.2, 0.25) is 0 Å². The highest BCUT2D eigenvalue weighted by molar-refractivity contribution is 7.84. The first-order valence-corrected chi connectivity index (χ1v) is 5.51. The molecule has 0 fully saturated rings. The van der Waals surface area contributed by atoms with Gasteiger partial charge >= 0.3 is 5.97 Å². The molecule has 1 aromatic rings. The number of benzene rings is 1. The summed E-state index contributed by atoms with van der Waals surface area (Å²) >= 11 is 8.13. The Bertz CT molecular complexity index is 464. The predicted octanol–water partition coefficient (Wildman–Crippen LogP) is 1.48. The predicted molar refractivity (Wildman–Crippen MR) is 68.7 cm³/mol. The van der Waals surface area contributed by atoms with E-state index in [0.717, 1.165) is 6.07 Å². The van der Waals surface area contributed by atoms with E-state index in [2.05, 4.69) is 25.3 Å². The Morgan fingerprint density at radius 3 is 2.47 bits per heavy atom. The Hall–Kier alpha value is -1.25. The van der Waals surface area contributed by atoms with E-state index in [4.69, 9.17) is 10.8 Å². The number of aromatic carboxylic acids is 1. The Kier molecular flexibility index (Phi) is 4.38. The summed E-state index contributed by atoms with van der Waals surface area (Å²) in [6.45, 7) is 0. The minimum Gasteiger partial charge on any atom is -0.477 e. The van der Waals surface area contributed by atoms with Crippen LogP contribution in [-0.2, 0) is 0 Å². The van der Waals surface area contributed by atoms with Crippen LogP contribution >= 0.6 is 25.3 Å². The second-order valence-corrected chi connectivity index (χ2v) is 4.43. The minimum atomic E-state index is -1.37. The summed E-state index contributed by atoms with van der Waals surface area (Å²) in [5.74, 6) is -1.37. The van der Waals surface area contributed by atoms with Crippen molar-refractivity contribution in [3.63, 3.8) is 0 Å². The number of nitrogens with two attached hydrogens (primary N) is 1. The van der Waals surface area contributed by atoms with Crippen molar-refractivity contribution in [3.8, 4) is 0 Å². The van der Waals surface area contributed by atoms with Gasteiger partial charge in [0.2, 0.25) is 0 Å². The molecule has 1 rings (SSSR count). The van der Waals surface area contributed by atoms with Crippen molar-refractivity contribution < 1.29 is 14.8 Å². The number of rotatable bonds is 4. The van der Waals surface area contributed by atoms with Crippen LogP contribution in [0.25, 0.3) is 0 Å². The highest BCUT2D eigenvalue weighted by atomic mass is 32.1. The summed E-state index contributed by atoms with van der Waals surface area (Å²) in [7, 11) is 0. The van der Waals surface area contributed by atoms with Gasteiger partial charge in [0.1, 0.15) is 5.56 Å². The molecule has 2 atom stereocenters. The van der Waals surface area contributed by atoms with Crippen molar-refractivity contribution in [3.05, 3.63) is 39.4 Å². The highest BCUT2D eigenvalue weighted by Crippen LogP contribution is 2.29. The zero-order valence-electron chi connectivity index (χ0n) is 8.48. The summed E-state index contributed by atoms with van der Waals surface area (Å²) < 4.78 is 0. The minimum absolute atomic E-state index is 0.388. The Morgan fingerprint density at radius 2 is 2.06 bits per heavy atom. The van der Waals surface area contributed by atoms with Gasteiger partial charge in [0.05, 0.1) is 15.5 Å². The van der Waals surface area contributed by atoms with Crippen LogP contribution in [0.5, 0.6) is 0 Å². The standard InChI is InChI=1S/C9H10N2O4S2/c10-8(17)7(16)4-1-2-6(11(14)15)5(3-4)9(12)13/h1-3,7-8,16-17H,10H2,(H,12,13). The van der Waals surface area contributed by atoms with E-state index < -0.39 is 27.2 Å². The van der Waals surface area contributed by atoms with Gasteiger partial charge in [-0.25, -0.2) is 4.79 Å². The number of carboxylic acids is 1. The van der Waals surface area contributed by atoms with E-state index in [9.17, 15) is 14.9 Å². The molecule has 3 N–H and O–H groups in total.